The van der Waals surface area contributed by atoms with E-state index in [0.29, 0.717) is 37.9 Å². The third-order valence-electron chi connectivity index (χ3n) is 5.82. The number of furan rings is 1. The lowest BCUT2D eigenvalue weighted by molar-refractivity contribution is -0.113. The summed E-state index contributed by atoms with van der Waals surface area (Å²) in [4.78, 5) is 13.9. The number of hydrogen-bond donors (Lipinski definition) is 1. The highest BCUT2D eigenvalue weighted by atomic mass is 79.9. The van der Waals surface area contributed by atoms with Crippen LogP contribution in [-0.2, 0) is 24.7 Å². The molecule has 0 spiro atoms. The van der Waals surface area contributed by atoms with E-state index in [0.717, 1.165) is 24.8 Å². The molecule has 0 saturated heterocycles. The normalized spacial score (nSPS) is 15.9. The van der Waals surface area contributed by atoms with E-state index >= 15 is 0 Å². The fourth-order valence-corrected chi connectivity index (χ4v) is 6.23. The Bertz CT molecular complexity index is 1200. The van der Waals surface area contributed by atoms with Gasteiger partial charge in [0.1, 0.15) is 11.1 Å². The summed E-state index contributed by atoms with van der Waals surface area (Å²) in [5.41, 5.74) is 1.97. The predicted octanol–water partition coefficient (Wildman–Crippen LogP) is 5.65. The lowest BCUT2D eigenvalue weighted by atomic mass is 9.72. The zero-order valence-electron chi connectivity index (χ0n) is 18.4. The van der Waals surface area contributed by atoms with Crippen LogP contribution in [0.1, 0.15) is 43.2 Å². The van der Waals surface area contributed by atoms with Crippen molar-refractivity contribution in [2.24, 2.45) is 18.4 Å². The second-order valence-electron chi connectivity index (χ2n) is 8.93. The molecule has 3 aromatic rings. The van der Waals surface area contributed by atoms with Crippen molar-refractivity contribution < 1.29 is 9.21 Å². The zero-order valence-corrected chi connectivity index (χ0v) is 21.6. The van der Waals surface area contributed by atoms with Gasteiger partial charge in [0.05, 0.1) is 11.3 Å². The molecular formula is C22H24BrN5O2S2. The van der Waals surface area contributed by atoms with Crippen molar-refractivity contribution in [3.05, 3.63) is 32.8 Å². The lowest BCUT2D eigenvalue weighted by Crippen LogP contribution is -2.26. The predicted molar refractivity (Wildman–Crippen MR) is 130 cm³/mol. The summed E-state index contributed by atoms with van der Waals surface area (Å²) in [5.74, 6) is 1.78. The van der Waals surface area contributed by atoms with E-state index in [1.807, 2.05) is 7.05 Å². The highest BCUT2D eigenvalue weighted by Crippen LogP contribution is 2.44. The van der Waals surface area contributed by atoms with Gasteiger partial charge in [-0.25, -0.2) is 0 Å². The highest BCUT2D eigenvalue weighted by Gasteiger charge is 2.32. The van der Waals surface area contributed by atoms with Gasteiger partial charge < -0.3 is 14.3 Å². The van der Waals surface area contributed by atoms with E-state index in [-0.39, 0.29) is 17.1 Å². The smallest absolute Gasteiger partial charge is 0.235 e. The molecule has 7 nitrogen and oxygen atoms in total. The molecule has 168 valence electrons. The summed E-state index contributed by atoms with van der Waals surface area (Å²) in [5, 5.41) is 22.3. The van der Waals surface area contributed by atoms with E-state index in [1.165, 1.54) is 16.6 Å². The van der Waals surface area contributed by atoms with Crippen molar-refractivity contribution in [2.45, 2.75) is 45.2 Å². The Morgan fingerprint density at radius 3 is 2.88 bits per heavy atom. The van der Waals surface area contributed by atoms with Crippen LogP contribution >= 0.6 is 39.0 Å². The Morgan fingerprint density at radius 1 is 1.44 bits per heavy atom. The Labute approximate surface area is 203 Å². The number of carbonyl (C=O) groups excluding carboxylic acids is 1. The molecule has 1 aliphatic carbocycles. The summed E-state index contributed by atoms with van der Waals surface area (Å²) >= 11 is 6.13. The monoisotopic (exact) mass is 533 g/mol. The van der Waals surface area contributed by atoms with Crippen LogP contribution in [0.3, 0.4) is 0 Å². The SMILES string of the molecule is Cn1c(SCC(=O)Nc2sc3c(c2C#N)CCC(C(C)(C)C)C3)nnc1-c1ccc(Br)o1. The van der Waals surface area contributed by atoms with E-state index < -0.39 is 0 Å². The minimum absolute atomic E-state index is 0.164. The Balaban J connectivity index is 1.43. The summed E-state index contributed by atoms with van der Waals surface area (Å²) in [6.07, 6.45) is 2.94. The first kappa shape index (κ1) is 23.1. The van der Waals surface area contributed by atoms with Gasteiger partial charge in [-0.3, -0.25) is 4.79 Å². The minimum Gasteiger partial charge on any atom is -0.446 e. The Morgan fingerprint density at radius 2 is 2.22 bits per heavy atom. The second kappa shape index (κ2) is 9.04. The number of fused-ring (bicyclic) bond motifs is 1. The number of aromatic nitrogens is 3. The summed E-state index contributed by atoms with van der Waals surface area (Å²) in [6.45, 7) is 6.80. The van der Waals surface area contributed by atoms with Crippen molar-refractivity contribution in [3.63, 3.8) is 0 Å². The first-order valence-electron chi connectivity index (χ1n) is 10.3. The van der Waals surface area contributed by atoms with Crippen molar-refractivity contribution in [1.82, 2.24) is 14.8 Å². The molecule has 1 aliphatic rings. The van der Waals surface area contributed by atoms with Crippen molar-refractivity contribution >= 4 is 49.9 Å². The number of carbonyl (C=O) groups is 1. The molecule has 0 radical (unpaired) electrons. The maximum atomic E-state index is 12.7. The van der Waals surface area contributed by atoms with Gasteiger partial charge in [0.15, 0.2) is 21.4 Å². The molecule has 0 aromatic carbocycles. The molecular weight excluding hydrogens is 510 g/mol. The molecule has 0 bridgehead atoms. The molecule has 32 heavy (non-hydrogen) atoms. The summed E-state index contributed by atoms with van der Waals surface area (Å²) in [7, 11) is 1.83. The third-order valence-corrected chi connectivity index (χ3v) is 8.43. The van der Waals surface area contributed by atoms with Crippen LogP contribution in [0.15, 0.2) is 26.4 Å². The lowest BCUT2D eigenvalue weighted by Gasteiger charge is -2.33. The highest BCUT2D eigenvalue weighted by molar-refractivity contribution is 9.10. The van der Waals surface area contributed by atoms with Crippen LogP contribution in [0.5, 0.6) is 0 Å². The Kier molecular flexibility index (Phi) is 6.52. The van der Waals surface area contributed by atoms with Gasteiger partial charge in [-0.2, -0.15) is 5.26 Å². The molecule has 0 aliphatic heterocycles. The van der Waals surface area contributed by atoms with Crippen LogP contribution in [0.2, 0.25) is 0 Å². The fourth-order valence-electron chi connectivity index (χ4n) is 3.91. The van der Waals surface area contributed by atoms with E-state index in [4.69, 9.17) is 4.42 Å². The van der Waals surface area contributed by atoms with E-state index in [2.05, 4.69) is 58.3 Å². The van der Waals surface area contributed by atoms with E-state index in [9.17, 15) is 10.1 Å². The summed E-state index contributed by atoms with van der Waals surface area (Å²) < 4.78 is 7.95. The van der Waals surface area contributed by atoms with Crippen molar-refractivity contribution in [3.8, 4) is 17.7 Å². The van der Waals surface area contributed by atoms with Gasteiger partial charge in [0, 0.05) is 11.9 Å². The van der Waals surface area contributed by atoms with Crippen LogP contribution in [0.4, 0.5) is 5.00 Å². The van der Waals surface area contributed by atoms with Crippen LogP contribution in [0, 0.1) is 22.7 Å². The number of anilines is 1. The number of nitriles is 1. The molecule has 4 rings (SSSR count). The maximum Gasteiger partial charge on any atom is 0.235 e. The Hall–Kier alpha value is -2.09. The largest absolute Gasteiger partial charge is 0.446 e. The molecule has 0 fully saturated rings. The number of nitrogens with one attached hydrogen (secondary N) is 1. The van der Waals surface area contributed by atoms with Gasteiger partial charge >= 0.3 is 0 Å². The van der Waals surface area contributed by atoms with Crippen LogP contribution in [-0.4, -0.2) is 26.4 Å². The number of halogens is 1. The molecule has 0 saturated carbocycles. The molecule has 1 atom stereocenters. The molecule has 1 N–H and O–H groups in total. The number of thiophene rings is 1. The van der Waals surface area contributed by atoms with Crippen molar-refractivity contribution in [1.29, 1.82) is 5.26 Å². The van der Waals surface area contributed by atoms with Gasteiger partial charge in [0.2, 0.25) is 5.91 Å². The number of rotatable bonds is 5. The zero-order chi connectivity index (χ0) is 23.0. The van der Waals surface area contributed by atoms with Crippen LogP contribution < -0.4 is 5.32 Å². The van der Waals surface area contributed by atoms with Crippen molar-refractivity contribution in [2.75, 3.05) is 11.1 Å². The fraction of sp³-hybridized carbons (Fsp3) is 0.455. The number of amides is 1. The topological polar surface area (TPSA) is 96.7 Å². The van der Waals surface area contributed by atoms with Gasteiger partial charge in [-0.15, -0.1) is 21.5 Å². The van der Waals surface area contributed by atoms with Gasteiger partial charge in [-0.1, -0.05) is 32.5 Å². The maximum absolute atomic E-state index is 12.7. The van der Waals surface area contributed by atoms with E-state index in [1.54, 1.807) is 28.0 Å². The minimum atomic E-state index is -0.164. The molecule has 3 aromatic heterocycles. The average Bonchev–Trinajstić information content (AvgIpc) is 3.41. The van der Waals surface area contributed by atoms with Crippen LogP contribution in [0.25, 0.3) is 11.6 Å². The van der Waals surface area contributed by atoms with Gasteiger partial charge in [-0.05, 0) is 64.2 Å². The first-order chi connectivity index (χ1) is 15.2. The second-order valence-corrected chi connectivity index (χ2v) is 11.8. The number of nitrogens with zero attached hydrogens (tertiary/aromatic N) is 4. The number of hydrogen-bond acceptors (Lipinski definition) is 7. The molecule has 10 heteroatoms. The third kappa shape index (κ3) is 4.65. The standard InChI is InChI=1S/C22H24BrN5O2S2/c1-22(2,3)12-5-6-13-14(10-24)20(32-16(13)9-12)25-18(29)11-31-21-27-26-19(28(21)4)15-7-8-17(23)30-15/h7-8,12H,5-6,9,11H2,1-4H3,(H,25,29). The number of thioether (sulfide) groups is 1. The van der Waals surface area contributed by atoms with Gasteiger partial charge in [0.25, 0.3) is 0 Å². The molecule has 1 unspecified atom stereocenters. The molecule has 1 amide bonds. The first-order valence-corrected chi connectivity index (χ1v) is 12.9. The quantitative estimate of drug-likeness (QED) is 0.425. The molecule has 3 heterocycles. The summed E-state index contributed by atoms with van der Waals surface area (Å²) in [6, 6.07) is 5.92. The average molecular weight is 535 g/mol.